The number of ether oxygens (including phenoxy) is 4. The van der Waals surface area contributed by atoms with Crippen molar-refractivity contribution >= 4 is 0 Å². The number of alkyl halides is 2. The van der Waals surface area contributed by atoms with Crippen LogP contribution in [0.3, 0.4) is 0 Å². The summed E-state index contributed by atoms with van der Waals surface area (Å²) in [5.41, 5.74) is 0.919. The molecule has 0 aliphatic heterocycles. The lowest BCUT2D eigenvalue weighted by molar-refractivity contribution is -0.195. The van der Waals surface area contributed by atoms with Gasteiger partial charge in [0, 0.05) is 0 Å². The third-order valence-electron chi connectivity index (χ3n) is 4.97. The van der Waals surface area contributed by atoms with Crippen molar-refractivity contribution in [3.05, 3.63) is 82.9 Å². The van der Waals surface area contributed by atoms with Crippen molar-refractivity contribution in [3.63, 3.8) is 0 Å². The normalized spacial score (nSPS) is 11.3. The standard InChI is InChI=1S/C26H24F6O4/c1-3-33-19-11-8-17(22(27)23(19)28)5-4-14-34-20-12-13-21(25(30)24(20)29)35-15-26(31,32)36-18-9-6-16(2)7-10-18/h6-13H,3-5,14-15H2,1-2H3. The van der Waals surface area contributed by atoms with E-state index in [0.717, 1.165) is 17.7 Å². The number of benzene rings is 3. The summed E-state index contributed by atoms with van der Waals surface area (Å²) < 4.78 is 104. The van der Waals surface area contributed by atoms with Crippen LogP contribution in [0.15, 0.2) is 48.5 Å². The summed E-state index contributed by atoms with van der Waals surface area (Å²) >= 11 is 0. The van der Waals surface area contributed by atoms with Crippen LogP contribution in [-0.4, -0.2) is 25.9 Å². The minimum absolute atomic E-state index is 0.0660. The van der Waals surface area contributed by atoms with Gasteiger partial charge in [0.05, 0.1) is 13.2 Å². The smallest absolute Gasteiger partial charge is 0.432 e. The Kier molecular flexibility index (Phi) is 8.95. The third kappa shape index (κ3) is 6.99. The molecule has 0 aliphatic carbocycles. The van der Waals surface area contributed by atoms with E-state index < -0.39 is 47.5 Å². The van der Waals surface area contributed by atoms with Gasteiger partial charge in [-0.1, -0.05) is 23.8 Å². The van der Waals surface area contributed by atoms with Crippen LogP contribution in [-0.2, 0) is 6.42 Å². The molecule has 0 atom stereocenters. The number of hydrogen-bond donors (Lipinski definition) is 0. The Balaban J connectivity index is 1.53. The van der Waals surface area contributed by atoms with Crippen LogP contribution in [0, 0.1) is 30.2 Å². The molecule has 4 nitrogen and oxygen atoms in total. The van der Waals surface area contributed by atoms with Gasteiger partial charge in [-0.25, -0.2) is 4.39 Å². The fourth-order valence-corrected chi connectivity index (χ4v) is 3.18. The first-order chi connectivity index (χ1) is 17.1. The molecule has 0 amide bonds. The summed E-state index contributed by atoms with van der Waals surface area (Å²) in [7, 11) is 0. The Morgan fingerprint density at radius 3 is 1.89 bits per heavy atom. The molecule has 3 aromatic rings. The summed E-state index contributed by atoms with van der Waals surface area (Å²) in [5.74, 6) is -6.66. The molecular formula is C26H24F6O4. The molecule has 3 aromatic carbocycles. The Labute approximate surface area is 204 Å². The number of hydrogen-bond acceptors (Lipinski definition) is 4. The van der Waals surface area contributed by atoms with E-state index in [-0.39, 0.29) is 43.1 Å². The van der Waals surface area contributed by atoms with Gasteiger partial charge in [0.25, 0.3) is 0 Å². The first-order valence-corrected chi connectivity index (χ1v) is 11.1. The zero-order valence-electron chi connectivity index (χ0n) is 19.6. The monoisotopic (exact) mass is 514 g/mol. The number of rotatable bonds is 12. The van der Waals surface area contributed by atoms with Gasteiger partial charge in [0.15, 0.2) is 29.7 Å². The van der Waals surface area contributed by atoms with Crippen LogP contribution in [0.1, 0.15) is 24.5 Å². The summed E-state index contributed by atoms with van der Waals surface area (Å²) in [6.07, 6.45) is -3.58. The molecule has 0 saturated heterocycles. The third-order valence-corrected chi connectivity index (χ3v) is 4.97. The summed E-state index contributed by atoms with van der Waals surface area (Å²) in [6, 6.07) is 10.5. The first-order valence-electron chi connectivity index (χ1n) is 11.1. The van der Waals surface area contributed by atoms with Gasteiger partial charge in [0.1, 0.15) is 5.75 Å². The molecule has 0 bridgehead atoms. The van der Waals surface area contributed by atoms with E-state index in [1.54, 1.807) is 26.0 Å². The molecular weight excluding hydrogens is 490 g/mol. The Morgan fingerprint density at radius 1 is 0.694 bits per heavy atom. The van der Waals surface area contributed by atoms with Crippen molar-refractivity contribution < 1.29 is 45.3 Å². The Bertz CT molecular complexity index is 1170. The van der Waals surface area contributed by atoms with Crippen LogP contribution in [0.2, 0.25) is 0 Å². The van der Waals surface area contributed by atoms with Crippen LogP contribution < -0.4 is 18.9 Å². The lowest BCUT2D eigenvalue weighted by atomic mass is 10.1. The first kappa shape index (κ1) is 27.0. The van der Waals surface area contributed by atoms with Crippen molar-refractivity contribution in [2.45, 2.75) is 32.8 Å². The molecule has 0 radical (unpaired) electrons. The molecule has 0 fully saturated rings. The second kappa shape index (κ2) is 11.9. The lowest BCUT2D eigenvalue weighted by Crippen LogP contribution is -2.32. The van der Waals surface area contributed by atoms with Crippen molar-refractivity contribution in [3.8, 4) is 23.0 Å². The lowest BCUT2D eigenvalue weighted by Gasteiger charge is -2.19. The minimum atomic E-state index is -3.80. The maximum atomic E-state index is 14.3. The molecule has 3 rings (SSSR count). The second-order valence-corrected chi connectivity index (χ2v) is 7.77. The fourth-order valence-electron chi connectivity index (χ4n) is 3.18. The average molecular weight is 514 g/mol. The van der Waals surface area contributed by atoms with Crippen molar-refractivity contribution in [1.29, 1.82) is 0 Å². The summed E-state index contributed by atoms with van der Waals surface area (Å²) in [6.45, 7) is 2.09. The average Bonchev–Trinajstić information content (AvgIpc) is 2.84. The minimum Gasteiger partial charge on any atom is -0.491 e. The van der Waals surface area contributed by atoms with Gasteiger partial charge in [-0.2, -0.15) is 22.0 Å². The van der Waals surface area contributed by atoms with Crippen molar-refractivity contribution in [2.24, 2.45) is 0 Å². The van der Waals surface area contributed by atoms with E-state index in [0.29, 0.717) is 0 Å². The largest absolute Gasteiger partial charge is 0.491 e. The van der Waals surface area contributed by atoms with Crippen LogP contribution in [0.25, 0.3) is 0 Å². The molecule has 10 heteroatoms. The van der Waals surface area contributed by atoms with E-state index in [9.17, 15) is 26.3 Å². The molecule has 0 aromatic heterocycles. The van der Waals surface area contributed by atoms with Crippen molar-refractivity contribution in [2.75, 3.05) is 19.8 Å². The van der Waals surface area contributed by atoms with Gasteiger partial charge in [-0.05, 0) is 62.6 Å². The van der Waals surface area contributed by atoms with Gasteiger partial charge in [-0.15, -0.1) is 0 Å². The zero-order chi connectivity index (χ0) is 26.3. The van der Waals surface area contributed by atoms with Gasteiger partial charge >= 0.3 is 6.11 Å². The summed E-state index contributed by atoms with van der Waals surface area (Å²) in [5, 5.41) is 0. The maximum Gasteiger partial charge on any atom is 0.432 e. The molecule has 0 aliphatic rings. The molecule has 36 heavy (non-hydrogen) atoms. The van der Waals surface area contributed by atoms with E-state index in [4.69, 9.17) is 14.2 Å². The van der Waals surface area contributed by atoms with Crippen molar-refractivity contribution in [1.82, 2.24) is 0 Å². The second-order valence-electron chi connectivity index (χ2n) is 7.77. The van der Waals surface area contributed by atoms with E-state index >= 15 is 0 Å². The Hall–Kier alpha value is -3.56. The van der Waals surface area contributed by atoms with E-state index in [2.05, 4.69) is 4.74 Å². The predicted octanol–water partition coefficient (Wildman–Crippen LogP) is 7.01. The number of halogens is 6. The SMILES string of the molecule is CCOc1ccc(CCCOc2ccc(OCC(F)(F)Oc3ccc(C)cc3)c(F)c2F)c(F)c1F. The summed E-state index contributed by atoms with van der Waals surface area (Å²) in [4.78, 5) is 0. The molecule has 0 heterocycles. The molecule has 0 saturated carbocycles. The van der Waals surface area contributed by atoms with Crippen LogP contribution in [0.5, 0.6) is 23.0 Å². The Morgan fingerprint density at radius 2 is 1.25 bits per heavy atom. The highest BCUT2D eigenvalue weighted by Gasteiger charge is 2.34. The molecule has 0 spiro atoms. The molecule has 0 N–H and O–H groups in total. The van der Waals surface area contributed by atoms with Gasteiger partial charge in [0.2, 0.25) is 17.5 Å². The van der Waals surface area contributed by atoms with Crippen LogP contribution >= 0.6 is 0 Å². The quantitative estimate of drug-likeness (QED) is 0.192. The van der Waals surface area contributed by atoms with Crippen LogP contribution in [0.4, 0.5) is 26.3 Å². The maximum absolute atomic E-state index is 14.3. The van der Waals surface area contributed by atoms with Gasteiger partial charge < -0.3 is 18.9 Å². The molecule has 0 unspecified atom stereocenters. The fraction of sp³-hybridized carbons (Fsp3) is 0.308. The van der Waals surface area contributed by atoms with Gasteiger partial charge in [-0.3, -0.25) is 0 Å². The van der Waals surface area contributed by atoms with E-state index in [1.165, 1.54) is 24.3 Å². The topological polar surface area (TPSA) is 36.9 Å². The molecule has 194 valence electrons. The zero-order valence-corrected chi connectivity index (χ0v) is 19.6. The number of aryl methyl sites for hydroxylation is 2. The van der Waals surface area contributed by atoms with E-state index in [1.807, 2.05) is 0 Å². The highest BCUT2D eigenvalue weighted by molar-refractivity contribution is 5.35. The highest BCUT2D eigenvalue weighted by atomic mass is 19.3. The highest BCUT2D eigenvalue weighted by Crippen LogP contribution is 2.30. The predicted molar refractivity (Wildman–Crippen MR) is 120 cm³/mol.